The van der Waals surface area contributed by atoms with E-state index in [1.165, 1.54) is 11.8 Å². The van der Waals surface area contributed by atoms with Gasteiger partial charge in [0, 0.05) is 22.5 Å². The monoisotopic (exact) mass is 500 g/mol. The van der Waals surface area contributed by atoms with E-state index in [1.54, 1.807) is 16.8 Å². The number of anilines is 1. The van der Waals surface area contributed by atoms with E-state index >= 15 is 0 Å². The zero-order chi connectivity index (χ0) is 25.2. The summed E-state index contributed by atoms with van der Waals surface area (Å²) in [4.78, 5) is 33.1. The van der Waals surface area contributed by atoms with Crippen molar-refractivity contribution in [3.63, 3.8) is 0 Å². The molecule has 1 aliphatic heterocycles. The molecule has 0 radical (unpaired) electrons. The topological polar surface area (TPSA) is 125 Å². The van der Waals surface area contributed by atoms with Crippen LogP contribution in [0.1, 0.15) is 27.8 Å². The number of aromatic nitrogens is 4. The minimum Gasteiger partial charge on any atom is -0.484 e. The smallest absolute Gasteiger partial charge is 0.255 e. The quantitative estimate of drug-likeness (QED) is 0.414. The first-order chi connectivity index (χ1) is 17.4. The lowest BCUT2D eigenvalue weighted by atomic mass is 10.00. The predicted octanol–water partition coefficient (Wildman–Crippen LogP) is 3.58. The second kappa shape index (κ2) is 9.82. The van der Waals surface area contributed by atoms with Crippen LogP contribution in [0, 0.1) is 13.8 Å². The second-order valence-electron chi connectivity index (χ2n) is 8.40. The van der Waals surface area contributed by atoms with Gasteiger partial charge in [0.1, 0.15) is 11.6 Å². The van der Waals surface area contributed by atoms with Crippen LogP contribution in [0.25, 0.3) is 17.2 Å². The summed E-state index contributed by atoms with van der Waals surface area (Å²) in [5.74, 6) is 1.07. The molecule has 0 saturated heterocycles. The maximum Gasteiger partial charge on any atom is 0.255 e. The molecule has 182 valence electrons. The van der Waals surface area contributed by atoms with Gasteiger partial charge in [-0.25, -0.2) is 9.97 Å². The minimum absolute atomic E-state index is 0.129. The Balaban J connectivity index is 1.68. The SMILES string of the molecule is Cc1cc(C)nc(-n2nc(-c3ccccc3)c3c2NC(=O)CSC3c2ccc(OCC(N)=O)cc2)n1. The molecule has 0 saturated carbocycles. The number of ether oxygens (including phenoxy) is 1. The molecular weight excluding hydrogens is 476 g/mol. The third-order valence-electron chi connectivity index (χ3n) is 5.59. The van der Waals surface area contributed by atoms with Gasteiger partial charge in [0.15, 0.2) is 6.61 Å². The number of hydrogen-bond donors (Lipinski definition) is 2. The van der Waals surface area contributed by atoms with Crippen LogP contribution < -0.4 is 15.8 Å². The lowest BCUT2D eigenvalue weighted by molar-refractivity contribution is -0.120. The first-order valence-corrected chi connectivity index (χ1v) is 12.4. The standard InChI is InChI=1S/C26H24N6O3S/c1-15-12-16(2)29-26(28-15)32-25-22(23(31-32)17-6-4-3-5-7-17)24(36-14-21(34)30-25)18-8-10-19(11-9-18)35-13-20(27)33/h3-12,24H,13-14H2,1-2H3,(H2,27,33)(H,30,34). The summed E-state index contributed by atoms with van der Waals surface area (Å²) in [6, 6.07) is 19.2. The normalized spacial score (nSPS) is 15.1. The number of amides is 2. The van der Waals surface area contributed by atoms with Gasteiger partial charge in [0.05, 0.1) is 16.7 Å². The lowest BCUT2D eigenvalue weighted by Crippen LogP contribution is -2.19. The molecule has 1 unspecified atom stereocenters. The summed E-state index contributed by atoms with van der Waals surface area (Å²) in [6.45, 7) is 3.61. The summed E-state index contributed by atoms with van der Waals surface area (Å²) in [5, 5.41) is 7.76. The zero-order valence-electron chi connectivity index (χ0n) is 19.8. The van der Waals surface area contributed by atoms with Gasteiger partial charge in [-0.05, 0) is 37.6 Å². The Morgan fingerprint density at radius 1 is 1.11 bits per heavy atom. The van der Waals surface area contributed by atoms with Gasteiger partial charge in [-0.1, -0.05) is 42.5 Å². The summed E-state index contributed by atoms with van der Waals surface area (Å²) >= 11 is 1.51. The summed E-state index contributed by atoms with van der Waals surface area (Å²) in [6.07, 6.45) is 0. The Labute approximate surface area is 212 Å². The first-order valence-electron chi connectivity index (χ1n) is 11.3. The van der Waals surface area contributed by atoms with Gasteiger partial charge in [0.2, 0.25) is 5.91 Å². The van der Waals surface area contributed by atoms with Gasteiger partial charge in [-0.3, -0.25) is 9.59 Å². The fraction of sp³-hybridized carbons (Fsp3) is 0.192. The van der Waals surface area contributed by atoms with Gasteiger partial charge < -0.3 is 15.8 Å². The molecular formula is C26H24N6O3S. The average Bonchev–Trinajstić information content (AvgIpc) is 3.13. The molecule has 10 heteroatoms. The van der Waals surface area contributed by atoms with Crippen LogP contribution in [0.3, 0.4) is 0 Å². The molecule has 1 atom stereocenters. The highest BCUT2D eigenvalue weighted by atomic mass is 32.2. The third-order valence-corrected chi connectivity index (χ3v) is 6.86. The Kier molecular flexibility index (Phi) is 6.43. The fourth-order valence-corrected chi connectivity index (χ4v) is 5.25. The lowest BCUT2D eigenvalue weighted by Gasteiger charge is -2.17. The van der Waals surface area contributed by atoms with Crippen LogP contribution in [-0.2, 0) is 9.59 Å². The molecule has 0 spiro atoms. The van der Waals surface area contributed by atoms with Crippen molar-refractivity contribution in [2.75, 3.05) is 17.7 Å². The van der Waals surface area contributed by atoms with E-state index in [0.717, 1.165) is 33.8 Å². The van der Waals surface area contributed by atoms with Gasteiger partial charge in [-0.2, -0.15) is 9.78 Å². The van der Waals surface area contributed by atoms with Crippen molar-refractivity contribution in [1.82, 2.24) is 19.7 Å². The van der Waals surface area contributed by atoms with Crippen molar-refractivity contribution in [2.45, 2.75) is 19.1 Å². The zero-order valence-corrected chi connectivity index (χ0v) is 20.6. The molecule has 4 aromatic rings. The van der Waals surface area contributed by atoms with Gasteiger partial charge in [0.25, 0.3) is 11.9 Å². The predicted molar refractivity (Wildman–Crippen MR) is 138 cm³/mol. The third kappa shape index (κ3) is 4.80. The number of carbonyl (C=O) groups excluding carboxylic acids is 2. The van der Waals surface area contributed by atoms with Crippen LogP contribution in [0.4, 0.5) is 5.82 Å². The van der Waals surface area contributed by atoms with E-state index in [4.69, 9.17) is 15.6 Å². The van der Waals surface area contributed by atoms with Crippen LogP contribution in [0.15, 0.2) is 60.7 Å². The number of hydrogen-bond acceptors (Lipinski definition) is 7. The van der Waals surface area contributed by atoms with Crippen molar-refractivity contribution in [3.8, 4) is 23.0 Å². The Morgan fingerprint density at radius 3 is 2.47 bits per heavy atom. The summed E-state index contributed by atoms with van der Waals surface area (Å²) in [7, 11) is 0. The summed E-state index contributed by atoms with van der Waals surface area (Å²) in [5.41, 5.74) is 10.3. The number of primary amides is 1. The molecule has 2 aromatic carbocycles. The van der Waals surface area contributed by atoms with Gasteiger partial charge in [-0.15, -0.1) is 11.8 Å². The van der Waals surface area contributed by atoms with Crippen molar-refractivity contribution in [2.24, 2.45) is 5.73 Å². The van der Waals surface area contributed by atoms with Crippen molar-refractivity contribution >= 4 is 29.4 Å². The molecule has 0 fully saturated rings. The highest BCUT2D eigenvalue weighted by molar-refractivity contribution is 8.00. The van der Waals surface area contributed by atoms with E-state index < -0.39 is 5.91 Å². The molecule has 1 aliphatic rings. The van der Waals surface area contributed by atoms with Crippen molar-refractivity contribution in [3.05, 3.63) is 83.2 Å². The van der Waals surface area contributed by atoms with Gasteiger partial charge >= 0.3 is 0 Å². The number of nitrogens with two attached hydrogens (primary N) is 1. The van der Waals surface area contributed by atoms with E-state index in [9.17, 15) is 9.59 Å². The van der Waals surface area contributed by atoms with Crippen LogP contribution in [-0.4, -0.2) is 43.9 Å². The van der Waals surface area contributed by atoms with E-state index in [2.05, 4.69) is 15.3 Å². The number of carbonyl (C=O) groups is 2. The highest BCUT2D eigenvalue weighted by Crippen LogP contribution is 2.46. The Morgan fingerprint density at radius 2 is 1.81 bits per heavy atom. The number of nitrogens with zero attached hydrogens (tertiary/aromatic N) is 4. The molecule has 9 nitrogen and oxygen atoms in total. The molecule has 2 aromatic heterocycles. The molecule has 3 heterocycles. The second-order valence-corrected chi connectivity index (χ2v) is 9.50. The summed E-state index contributed by atoms with van der Waals surface area (Å²) < 4.78 is 7.04. The van der Waals surface area contributed by atoms with E-state index in [-0.39, 0.29) is 23.5 Å². The van der Waals surface area contributed by atoms with Crippen LogP contribution in [0.5, 0.6) is 5.75 Å². The Bertz CT molecular complexity index is 1420. The van der Waals surface area contributed by atoms with Crippen molar-refractivity contribution in [1.29, 1.82) is 0 Å². The number of nitrogens with one attached hydrogen (secondary N) is 1. The molecule has 0 bridgehead atoms. The molecule has 3 N–H and O–H groups in total. The number of benzene rings is 2. The first kappa shape index (κ1) is 23.6. The number of aryl methyl sites for hydroxylation is 2. The highest BCUT2D eigenvalue weighted by Gasteiger charge is 2.33. The minimum atomic E-state index is -0.541. The number of fused-ring (bicyclic) bond motifs is 1. The average molecular weight is 501 g/mol. The van der Waals surface area contributed by atoms with E-state index in [1.807, 2.05) is 62.4 Å². The van der Waals surface area contributed by atoms with Crippen LogP contribution in [0.2, 0.25) is 0 Å². The maximum absolute atomic E-state index is 12.8. The number of thioether (sulfide) groups is 1. The molecule has 0 aliphatic carbocycles. The molecule has 5 rings (SSSR count). The van der Waals surface area contributed by atoms with Crippen LogP contribution >= 0.6 is 11.8 Å². The van der Waals surface area contributed by atoms with E-state index in [0.29, 0.717) is 17.5 Å². The largest absolute Gasteiger partial charge is 0.484 e. The van der Waals surface area contributed by atoms with Crippen molar-refractivity contribution < 1.29 is 14.3 Å². The number of rotatable bonds is 6. The molecule has 36 heavy (non-hydrogen) atoms. The Hall–Kier alpha value is -4.18. The molecule has 2 amide bonds. The fourth-order valence-electron chi connectivity index (χ4n) is 4.12. The maximum atomic E-state index is 12.8.